The fourth-order valence-corrected chi connectivity index (χ4v) is 4.24. The molecular formula is C24H19F2N3O2S. The monoisotopic (exact) mass is 451 g/mol. The van der Waals surface area contributed by atoms with E-state index in [4.69, 9.17) is 0 Å². The summed E-state index contributed by atoms with van der Waals surface area (Å²) < 4.78 is 28.7. The summed E-state index contributed by atoms with van der Waals surface area (Å²) in [7, 11) is 0. The second kappa shape index (κ2) is 8.92. The Morgan fingerprint density at radius 2 is 1.75 bits per heavy atom. The van der Waals surface area contributed by atoms with Gasteiger partial charge in [-0.25, -0.2) is 13.8 Å². The van der Waals surface area contributed by atoms with E-state index in [-0.39, 0.29) is 17.0 Å². The maximum absolute atomic E-state index is 13.8. The highest BCUT2D eigenvalue weighted by atomic mass is 32.2. The highest BCUT2D eigenvalue weighted by Gasteiger charge is 2.16. The molecule has 4 rings (SSSR count). The lowest BCUT2D eigenvalue weighted by atomic mass is 10.1. The fraction of sp³-hybridized carbons (Fsp3) is 0.125. The van der Waals surface area contributed by atoms with Crippen LogP contribution in [0.2, 0.25) is 0 Å². The van der Waals surface area contributed by atoms with Crippen molar-refractivity contribution in [3.8, 4) is 5.69 Å². The van der Waals surface area contributed by atoms with Crippen molar-refractivity contribution in [3.05, 3.63) is 93.8 Å². The molecule has 0 radical (unpaired) electrons. The number of amides is 1. The van der Waals surface area contributed by atoms with Crippen LogP contribution in [0, 0.1) is 25.5 Å². The smallest absolute Gasteiger partial charge is 0.266 e. The number of nitrogens with one attached hydrogen (secondary N) is 1. The Labute approximate surface area is 187 Å². The topological polar surface area (TPSA) is 64.0 Å². The Morgan fingerprint density at radius 3 is 2.50 bits per heavy atom. The van der Waals surface area contributed by atoms with Gasteiger partial charge in [-0.2, -0.15) is 0 Å². The predicted octanol–water partition coefficient (Wildman–Crippen LogP) is 5.01. The first-order valence-corrected chi connectivity index (χ1v) is 10.8. The van der Waals surface area contributed by atoms with Crippen LogP contribution in [0.5, 0.6) is 0 Å². The normalized spacial score (nSPS) is 11.0. The van der Waals surface area contributed by atoms with E-state index in [2.05, 4.69) is 10.3 Å². The van der Waals surface area contributed by atoms with E-state index in [0.29, 0.717) is 21.7 Å². The minimum atomic E-state index is -0.735. The summed E-state index contributed by atoms with van der Waals surface area (Å²) in [6.07, 6.45) is 0. The van der Waals surface area contributed by atoms with Crippen LogP contribution in [0.25, 0.3) is 16.6 Å². The van der Waals surface area contributed by atoms with Crippen molar-refractivity contribution in [2.75, 3.05) is 11.1 Å². The van der Waals surface area contributed by atoms with Gasteiger partial charge in [-0.3, -0.25) is 14.2 Å². The molecule has 8 heteroatoms. The summed E-state index contributed by atoms with van der Waals surface area (Å²) in [5, 5.41) is 3.15. The van der Waals surface area contributed by atoms with Gasteiger partial charge >= 0.3 is 0 Å². The van der Waals surface area contributed by atoms with Crippen molar-refractivity contribution in [1.82, 2.24) is 9.55 Å². The molecule has 1 aromatic heterocycles. The molecule has 0 aliphatic heterocycles. The summed E-state index contributed by atoms with van der Waals surface area (Å²) in [5.41, 5.74) is 2.63. The molecule has 5 nitrogen and oxygen atoms in total. The van der Waals surface area contributed by atoms with Gasteiger partial charge in [-0.1, -0.05) is 30.0 Å². The molecule has 0 aliphatic carbocycles. The van der Waals surface area contributed by atoms with Gasteiger partial charge in [0.15, 0.2) is 5.16 Å². The summed E-state index contributed by atoms with van der Waals surface area (Å²) in [4.78, 5) is 30.3. The molecule has 0 fully saturated rings. The van der Waals surface area contributed by atoms with Crippen molar-refractivity contribution in [2.24, 2.45) is 0 Å². The van der Waals surface area contributed by atoms with Crippen molar-refractivity contribution in [1.29, 1.82) is 0 Å². The number of rotatable bonds is 5. The number of aromatic nitrogens is 2. The maximum atomic E-state index is 13.8. The van der Waals surface area contributed by atoms with Crippen LogP contribution in [0.15, 0.2) is 70.6 Å². The van der Waals surface area contributed by atoms with Crippen LogP contribution in [-0.2, 0) is 4.79 Å². The molecule has 32 heavy (non-hydrogen) atoms. The lowest BCUT2D eigenvalue weighted by Gasteiger charge is -2.14. The van der Waals surface area contributed by atoms with Gasteiger partial charge < -0.3 is 5.32 Å². The number of fused-ring (bicyclic) bond motifs is 1. The zero-order valence-corrected chi connectivity index (χ0v) is 18.2. The van der Waals surface area contributed by atoms with Crippen molar-refractivity contribution >= 4 is 34.3 Å². The standard InChI is InChI=1S/C24H19F2N3O2S/c1-14-9-15(2)11-17(10-14)29-23(31)18-5-3-4-6-20(18)28-24(29)32-13-22(30)27-21-12-16(25)7-8-19(21)26/h3-12H,13H2,1-2H3,(H,27,30). The highest BCUT2D eigenvalue weighted by Crippen LogP contribution is 2.23. The molecule has 162 valence electrons. The zero-order chi connectivity index (χ0) is 22.8. The minimum absolute atomic E-state index is 0.147. The van der Waals surface area contributed by atoms with Gasteiger partial charge in [-0.15, -0.1) is 0 Å². The Hall–Kier alpha value is -3.52. The number of halogens is 2. The number of hydrogen-bond donors (Lipinski definition) is 1. The van der Waals surface area contributed by atoms with E-state index < -0.39 is 17.5 Å². The van der Waals surface area contributed by atoms with Crippen molar-refractivity contribution in [3.63, 3.8) is 0 Å². The lowest BCUT2D eigenvalue weighted by molar-refractivity contribution is -0.113. The number of anilines is 1. The Morgan fingerprint density at radius 1 is 1.03 bits per heavy atom. The number of aryl methyl sites for hydroxylation is 2. The van der Waals surface area contributed by atoms with Gasteiger partial charge in [0.1, 0.15) is 11.6 Å². The second-order valence-corrected chi connectivity index (χ2v) is 8.30. The van der Waals surface area contributed by atoms with E-state index in [1.165, 1.54) is 4.57 Å². The van der Waals surface area contributed by atoms with E-state index in [1.54, 1.807) is 24.3 Å². The van der Waals surface area contributed by atoms with Crippen molar-refractivity contribution in [2.45, 2.75) is 19.0 Å². The number of para-hydroxylation sites is 1. The summed E-state index contributed by atoms with van der Waals surface area (Å²) in [6, 6.07) is 15.6. The molecular weight excluding hydrogens is 432 g/mol. The van der Waals surface area contributed by atoms with Gasteiger partial charge in [0, 0.05) is 6.07 Å². The maximum Gasteiger partial charge on any atom is 0.266 e. The van der Waals surface area contributed by atoms with Gasteiger partial charge in [-0.05, 0) is 61.4 Å². The number of benzene rings is 3. The third-order valence-corrected chi connectivity index (χ3v) is 5.68. The summed E-state index contributed by atoms with van der Waals surface area (Å²) in [5.74, 6) is -2.09. The molecule has 0 bridgehead atoms. The lowest BCUT2D eigenvalue weighted by Crippen LogP contribution is -2.23. The highest BCUT2D eigenvalue weighted by molar-refractivity contribution is 7.99. The Balaban J connectivity index is 1.70. The first kappa shape index (κ1) is 21.7. The van der Waals surface area contributed by atoms with Crippen LogP contribution in [0.4, 0.5) is 14.5 Å². The number of nitrogens with zero attached hydrogens (tertiary/aromatic N) is 2. The van der Waals surface area contributed by atoms with Crippen molar-refractivity contribution < 1.29 is 13.6 Å². The first-order valence-electron chi connectivity index (χ1n) is 9.80. The van der Waals surface area contributed by atoms with Crippen LogP contribution in [0.1, 0.15) is 11.1 Å². The third kappa shape index (κ3) is 4.55. The summed E-state index contributed by atoms with van der Waals surface area (Å²) in [6.45, 7) is 3.87. The molecule has 1 amide bonds. The average Bonchev–Trinajstić information content (AvgIpc) is 2.74. The van der Waals surface area contributed by atoms with E-state index in [1.807, 2.05) is 32.0 Å². The van der Waals surface area contributed by atoms with Crippen LogP contribution in [0.3, 0.4) is 0 Å². The minimum Gasteiger partial charge on any atom is -0.323 e. The largest absolute Gasteiger partial charge is 0.323 e. The van der Waals surface area contributed by atoms with Crippen LogP contribution in [-0.4, -0.2) is 21.2 Å². The fourth-order valence-electron chi connectivity index (χ4n) is 3.43. The molecule has 0 aliphatic rings. The van der Waals surface area contributed by atoms with E-state index >= 15 is 0 Å². The third-order valence-electron chi connectivity index (χ3n) is 4.74. The Kier molecular flexibility index (Phi) is 6.05. The van der Waals surface area contributed by atoms with Gasteiger partial charge in [0.25, 0.3) is 5.56 Å². The van der Waals surface area contributed by atoms with E-state index in [0.717, 1.165) is 41.1 Å². The number of hydrogen-bond acceptors (Lipinski definition) is 4. The molecule has 4 aromatic rings. The Bertz CT molecular complexity index is 1380. The van der Waals surface area contributed by atoms with Gasteiger partial charge in [0.2, 0.25) is 5.91 Å². The first-order chi connectivity index (χ1) is 15.3. The van der Waals surface area contributed by atoms with E-state index in [9.17, 15) is 18.4 Å². The molecule has 3 aromatic carbocycles. The molecule has 1 heterocycles. The number of thioether (sulfide) groups is 1. The number of carbonyl (C=O) groups is 1. The predicted molar refractivity (Wildman–Crippen MR) is 123 cm³/mol. The molecule has 1 N–H and O–H groups in total. The molecule has 0 saturated heterocycles. The van der Waals surface area contributed by atoms with Gasteiger partial charge in [0.05, 0.1) is 28.0 Å². The zero-order valence-electron chi connectivity index (χ0n) is 17.4. The summed E-state index contributed by atoms with van der Waals surface area (Å²) >= 11 is 1.04. The molecule has 0 unspecified atom stereocenters. The van der Waals surface area contributed by atoms with Crippen LogP contribution < -0.4 is 10.9 Å². The number of carbonyl (C=O) groups excluding carboxylic acids is 1. The molecule has 0 saturated carbocycles. The SMILES string of the molecule is Cc1cc(C)cc(-n2c(SCC(=O)Nc3cc(F)ccc3F)nc3ccccc3c2=O)c1. The quantitative estimate of drug-likeness (QED) is 0.342. The molecule has 0 spiro atoms. The average molecular weight is 451 g/mol. The van der Waals surface area contributed by atoms with Crippen LogP contribution >= 0.6 is 11.8 Å². The second-order valence-electron chi connectivity index (χ2n) is 7.36. The molecule has 0 atom stereocenters.